The van der Waals surface area contributed by atoms with Gasteiger partial charge in [0.25, 0.3) is 0 Å². The number of fused-ring (bicyclic) bond motifs is 2. The van der Waals surface area contributed by atoms with Gasteiger partial charge in [0.1, 0.15) is 23.8 Å². The topological polar surface area (TPSA) is 139 Å². The minimum absolute atomic E-state index is 0.000686. The second-order valence-electron chi connectivity index (χ2n) is 10.1. The van der Waals surface area contributed by atoms with Gasteiger partial charge in [-0.3, -0.25) is 14.4 Å². The summed E-state index contributed by atoms with van der Waals surface area (Å²) in [6.45, 7) is 4.28. The molecule has 3 aliphatic heterocycles. The number of rotatable bonds is 8. The Bertz CT molecular complexity index is 1170. The van der Waals surface area contributed by atoms with Crippen LogP contribution in [0.15, 0.2) is 24.3 Å². The van der Waals surface area contributed by atoms with Gasteiger partial charge in [-0.15, -0.1) is 5.10 Å². The SMILES string of the molecule is CNC(=O)[C@@H]1[C@H]2C(=O)N(CCCCO)C(C(=O)NCn3nnc4ccccc43)C23CC(C)[C@@]1(C)O3. The molecule has 1 spiro atoms. The maximum absolute atomic E-state index is 13.8. The smallest absolute Gasteiger partial charge is 0.247 e. The van der Waals surface area contributed by atoms with E-state index in [9.17, 15) is 19.5 Å². The van der Waals surface area contributed by atoms with Crippen molar-refractivity contribution in [3.05, 3.63) is 24.3 Å². The molecule has 0 saturated carbocycles. The third-order valence-corrected chi connectivity index (χ3v) is 8.22. The van der Waals surface area contributed by atoms with Crippen molar-refractivity contribution in [2.75, 3.05) is 20.2 Å². The molecular formula is C24H32N6O5. The van der Waals surface area contributed by atoms with Crippen LogP contribution in [0.5, 0.6) is 0 Å². The van der Waals surface area contributed by atoms with Gasteiger partial charge in [-0.25, -0.2) is 4.68 Å². The number of carbonyl (C=O) groups excluding carboxylic acids is 3. The van der Waals surface area contributed by atoms with Crippen molar-refractivity contribution in [1.29, 1.82) is 0 Å². The molecule has 2 aromatic rings. The lowest BCUT2D eigenvalue weighted by Crippen LogP contribution is -2.56. The number of carbonyl (C=O) groups is 3. The highest BCUT2D eigenvalue weighted by atomic mass is 16.5. The molecule has 0 aliphatic carbocycles. The van der Waals surface area contributed by atoms with Gasteiger partial charge in [-0.1, -0.05) is 24.3 Å². The number of nitrogens with zero attached hydrogens (tertiary/aromatic N) is 4. The predicted molar refractivity (Wildman–Crippen MR) is 125 cm³/mol. The number of amides is 3. The fraction of sp³-hybridized carbons (Fsp3) is 0.625. The summed E-state index contributed by atoms with van der Waals surface area (Å²) in [7, 11) is 1.56. The molecular weight excluding hydrogens is 452 g/mol. The quantitative estimate of drug-likeness (QED) is 0.450. The number of hydrogen-bond acceptors (Lipinski definition) is 7. The zero-order valence-corrected chi connectivity index (χ0v) is 20.2. The molecule has 4 heterocycles. The Balaban J connectivity index is 1.47. The van der Waals surface area contributed by atoms with E-state index in [1.165, 1.54) is 0 Å². The monoisotopic (exact) mass is 484 g/mol. The molecule has 3 fully saturated rings. The molecule has 3 amide bonds. The van der Waals surface area contributed by atoms with Gasteiger partial charge in [-0.2, -0.15) is 0 Å². The first-order chi connectivity index (χ1) is 16.8. The molecule has 0 radical (unpaired) electrons. The van der Waals surface area contributed by atoms with Gasteiger partial charge in [0.15, 0.2) is 0 Å². The number of aromatic nitrogens is 3. The summed E-state index contributed by atoms with van der Waals surface area (Å²) < 4.78 is 8.20. The van der Waals surface area contributed by atoms with E-state index in [0.717, 1.165) is 11.0 Å². The summed E-state index contributed by atoms with van der Waals surface area (Å²) in [5.74, 6) is -2.26. The summed E-state index contributed by atoms with van der Waals surface area (Å²) in [5, 5.41) is 23.1. The summed E-state index contributed by atoms with van der Waals surface area (Å²) in [4.78, 5) is 42.0. The minimum atomic E-state index is -1.09. The van der Waals surface area contributed by atoms with Crippen LogP contribution in [0.25, 0.3) is 11.0 Å². The van der Waals surface area contributed by atoms with Gasteiger partial charge < -0.3 is 25.4 Å². The first kappa shape index (κ1) is 23.7. The Kier molecular flexibility index (Phi) is 5.79. The number of likely N-dealkylation sites (tertiary alicyclic amines) is 1. The van der Waals surface area contributed by atoms with Crippen LogP contribution in [-0.2, 0) is 25.8 Å². The molecule has 35 heavy (non-hydrogen) atoms. The number of para-hydroxylation sites is 1. The van der Waals surface area contributed by atoms with Crippen molar-refractivity contribution in [1.82, 2.24) is 30.5 Å². The first-order valence-corrected chi connectivity index (χ1v) is 12.2. The van der Waals surface area contributed by atoms with Crippen LogP contribution in [0, 0.1) is 17.8 Å². The van der Waals surface area contributed by atoms with E-state index in [-0.39, 0.29) is 36.9 Å². The molecule has 3 saturated heterocycles. The average Bonchev–Trinajstić information content (AvgIpc) is 3.51. The zero-order valence-electron chi connectivity index (χ0n) is 20.2. The Morgan fingerprint density at radius 2 is 2.03 bits per heavy atom. The highest BCUT2D eigenvalue weighted by Gasteiger charge is 2.79. The third-order valence-electron chi connectivity index (χ3n) is 8.22. The fourth-order valence-electron chi connectivity index (χ4n) is 6.51. The number of aliphatic hydroxyl groups is 1. The largest absolute Gasteiger partial charge is 0.396 e. The standard InChI is InChI=1S/C24H32N6O5/c1-14-12-24-18(17(20(32)25-3)23(14,2)35-24)22(34)29(10-6-7-11-31)19(24)21(33)26-13-30-16-9-5-4-8-15(16)27-28-30/h4-5,8-9,14,17-19,31H,6-7,10-13H2,1-3H3,(H,25,32)(H,26,33)/t14?,17-,18-,19?,23+,24?/m0/s1. The summed E-state index contributed by atoms with van der Waals surface area (Å²) in [6, 6.07) is 6.57. The molecule has 1 aromatic carbocycles. The molecule has 5 rings (SSSR count). The molecule has 3 unspecified atom stereocenters. The minimum Gasteiger partial charge on any atom is -0.396 e. The maximum Gasteiger partial charge on any atom is 0.247 e. The van der Waals surface area contributed by atoms with Crippen LogP contribution < -0.4 is 10.6 Å². The van der Waals surface area contributed by atoms with E-state index in [2.05, 4.69) is 20.9 Å². The van der Waals surface area contributed by atoms with Gasteiger partial charge in [0, 0.05) is 20.2 Å². The lowest BCUT2D eigenvalue weighted by molar-refractivity contribution is -0.147. The lowest BCUT2D eigenvalue weighted by Gasteiger charge is -2.36. The number of nitrogens with one attached hydrogen (secondary N) is 2. The van der Waals surface area contributed by atoms with Crippen molar-refractivity contribution in [2.24, 2.45) is 17.8 Å². The van der Waals surface area contributed by atoms with E-state index in [1.54, 1.807) is 16.6 Å². The highest BCUT2D eigenvalue weighted by Crippen LogP contribution is 2.65. The Morgan fingerprint density at radius 1 is 1.26 bits per heavy atom. The molecule has 1 aromatic heterocycles. The van der Waals surface area contributed by atoms with Crippen molar-refractivity contribution in [2.45, 2.75) is 57.0 Å². The Labute approximate surface area is 203 Å². The van der Waals surface area contributed by atoms with E-state index in [0.29, 0.717) is 25.8 Å². The average molecular weight is 485 g/mol. The van der Waals surface area contributed by atoms with E-state index in [4.69, 9.17) is 4.74 Å². The molecule has 3 N–H and O–H groups in total. The van der Waals surface area contributed by atoms with E-state index >= 15 is 0 Å². The fourth-order valence-corrected chi connectivity index (χ4v) is 6.51. The molecule has 11 heteroatoms. The van der Waals surface area contributed by atoms with Crippen molar-refractivity contribution in [3.63, 3.8) is 0 Å². The second kappa shape index (κ2) is 8.56. The predicted octanol–water partition coefficient (Wildman–Crippen LogP) is 0.0342. The molecule has 11 nitrogen and oxygen atoms in total. The van der Waals surface area contributed by atoms with Crippen LogP contribution in [0.4, 0.5) is 0 Å². The molecule has 3 aliphatic rings. The van der Waals surface area contributed by atoms with Crippen molar-refractivity contribution in [3.8, 4) is 0 Å². The van der Waals surface area contributed by atoms with Crippen LogP contribution in [0.3, 0.4) is 0 Å². The molecule has 6 atom stereocenters. The maximum atomic E-state index is 13.8. The zero-order chi connectivity index (χ0) is 25.0. The highest BCUT2D eigenvalue weighted by molar-refractivity contribution is 5.99. The molecule has 188 valence electrons. The van der Waals surface area contributed by atoms with Crippen LogP contribution in [0.1, 0.15) is 33.1 Å². The third kappa shape index (κ3) is 3.35. The van der Waals surface area contributed by atoms with Gasteiger partial charge in [0.05, 0.1) is 23.0 Å². The lowest BCUT2D eigenvalue weighted by atomic mass is 9.62. The van der Waals surface area contributed by atoms with Gasteiger partial charge in [0.2, 0.25) is 17.7 Å². The van der Waals surface area contributed by atoms with E-state index in [1.807, 2.05) is 38.1 Å². The number of benzene rings is 1. The van der Waals surface area contributed by atoms with Crippen LogP contribution in [0.2, 0.25) is 0 Å². The van der Waals surface area contributed by atoms with Gasteiger partial charge in [-0.05, 0) is 44.2 Å². The first-order valence-electron chi connectivity index (χ1n) is 12.2. The number of hydrogen-bond donors (Lipinski definition) is 3. The second-order valence-corrected chi connectivity index (χ2v) is 10.1. The normalized spacial score (nSPS) is 33.4. The summed E-state index contributed by atoms with van der Waals surface area (Å²) in [5.41, 5.74) is -0.422. The number of aliphatic hydroxyl groups excluding tert-OH is 1. The molecule has 2 bridgehead atoms. The van der Waals surface area contributed by atoms with Gasteiger partial charge >= 0.3 is 0 Å². The Hall–Kier alpha value is -3.05. The summed E-state index contributed by atoms with van der Waals surface area (Å²) in [6.07, 6.45) is 1.56. The van der Waals surface area contributed by atoms with Crippen molar-refractivity contribution >= 4 is 28.8 Å². The number of ether oxygens (including phenoxy) is 1. The number of unbranched alkanes of at least 4 members (excludes halogenated alkanes) is 1. The van der Waals surface area contributed by atoms with E-state index < -0.39 is 29.1 Å². The summed E-state index contributed by atoms with van der Waals surface area (Å²) >= 11 is 0. The van der Waals surface area contributed by atoms with Crippen molar-refractivity contribution < 1.29 is 24.2 Å². The Morgan fingerprint density at radius 3 is 2.77 bits per heavy atom. The van der Waals surface area contributed by atoms with Crippen LogP contribution in [-0.4, -0.2) is 80.2 Å². The van der Waals surface area contributed by atoms with Crippen LogP contribution >= 0.6 is 0 Å².